The van der Waals surface area contributed by atoms with Gasteiger partial charge in [-0.25, -0.2) is 9.48 Å². The molecule has 1 aromatic carbocycles. The molecule has 0 saturated carbocycles. The van der Waals surface area contributed by atoms with Crippen molar-refractivity contribution >= 4 is 11.9 Å². The van der Waals surface area contributed by atoms with Crippen LogP contribution in [0.4, 0.5) is 0 Å². The van der Waals surface area contributed by atoms with Crippen molar-refractivity contribution in [3.63, 3.8) is 0 Å². The highest BCUT2D eigenvalue weighted by atomic mass is 16.5. The number of carboxylic acid groups (broad SMARTS) is 1. The number of carboxylic acids is 1. The van der Waals surface area contributed by atoms with Gasteiger partial charge in [0.25, 0.3) is 0 Å². The highest BCUT2D eigenvalue weighted by Crippen LogP contribution is 2.33. The molecule has 1 amide bonds. The lowest BCUT2D eigenvalue weighted by atomic mass is 10.0. The van der Waals surface area contributed by atoms with Crippen molar-refractivity contribution in [2.24, 2.45) is 0 Å². The van der Waals surface area contributed by atoms with Crippen molar-refractivity contribution in [3.8, 4) is 5.75 Å². The highest BCUT2D eigenvalue weighted by Gasteiger charge is 2.30. The predicted octanol–water partition coefficient (Wildman–Crippen LogP) is 1.35. The largest absolute Gasteiger partial charge is 0.497 e. The minimum atomic E-state index is -1.16. The molecular weight excluding hydrogens is 312 g/mol. The lowest BCUT2D eigenvalue weighted by molar-refractivity contribution is -0.133. The van der Waals surface area contributed by atoms with Crippen molar-refractivity contribution in [2.45, 2.75) is 25.4 Å². The van der Waals surface area contributed by atoms with Crippen molar-refractivity contribution in [2.75, 3.05) is 13.7 Å². The molecule has 0 spiro atoms. The second kappa shape index (κ2) is 6.69. The summed E-state index contributed by atoms with van der Waals surface area (Å²) in [6.45, 7) is 0.641. The molecule has 1 unspecified atom stereocenters. The van der Waals surface area contributed by atoms with Gasteiger partial charge < -0.3 is 14.7 Å². The van der Waals surface area contributed by atoms with Crippen molar-refractivity contribution in [3.05, 3.63) is 41.7 Å². The van der Waals surface area contributed by atoms with Gasteiger partial charge in [-0.3, -0.25) is 4.79 Å². The third-order valence-corrected chi connectivity index (χ3v) is 4.11. The van der Waals surface area contributed by atoms with Gasteiger partial charge in [0.2, 0.25) is 5.91 Å². The minimum Gasteiger partial charge on any atom is -0.497 e. The second-order valence-corrected chi connectivity index (χ2v) is 5.63. The van der Waals surface area contributed by atoms with Crippen LogP contribution in [0.3, 0.4) is 0 Å². The van der Waals surface area contributed by atoms with Crippen LogP contribution in [-0.2, 0) is 11.3 Å². The normalized spacial score (nSPS) is 17.0. The zero-order chi connectivity index (χ0) is 17.1. The monoisotopic (exact) mass is 330 g/mol. The van der Waals surface area contributed by atoms with Crippen LogP contribution in [-0.4, -0.2) is 50.5 Å². The molecule has 1 aliphatic rings. The first-order valence-electron chi connectivity index (χ1n) is 7.65. The third-order valence-electron chi connectivity index (χ3n) is 4.11. The number of hydrogen-bond donors (Lipinski definition) is 1. The topological polar surface area (TPSA) is 97.5 Å². The Bertz CT molecular complexity index is 758. The van der Waals surface area contributed by atoms with E-state index in [-0.39, 0.29) is 24.2 Å². The first-order valence-corrected chi connectivity index (χ1v) is 7.65. The van der Waals surface area contributed by atoms with Crippen LogP contribution in [0.2, 0.25) is 0 Å². The van der Waals surface area contributed by atoms with E-state index in [1.54, 1.807) is 12.0 Å². The van der Waals surface area contributed by atoms with E-state index in [2.05, 4.69) is 10.3 Å². The number of amides is 1. The Balaban J connectivity index is 1.74. The third kappa shape index (κ3) is 3.22. The minimum absolute atomic E-state index is 0.00457. The smallest absolute Gasteiger partial charge is 0.358 e. The number of carbonyl (C=O) groups is 2. The fourth-order valence-electron chi connectivity index (χ4n) is 2.96. The average Bonchev–Trinajstić information content (AvgIpc) is 3.24. The molecule has 1 saturated heterocycles. The number of carbonyl (C=O) groups excluding carboxylic acids is 1. The van der Waals surface area contributed by atoms with Gasteiger partial charge in [0.15, 0.2) is 5.69 Å². The first kappa shape index (κ1) is 16.0. The van der Waals surface area contributed by atoms with Gasteiger partial charge >= 0.3 is 5.97 Å². The summed E-state index contributed by atoms with van der Waals surface area (Å²) in [7, 11) is 1.61. The number of methoxy groups -OCH3 is 1. The Morgan fingerprint density at radius 3 is 2.96 bits per heavy atom. The summed E-state index contributed by atoms with van der Waals surface area (Å²) in [5, 5.41) is 16.1. The van der Waals surface area contributed by atoms with Crippen molar-refractivity contribution in [1.82, 2.24) is 19.9 Å². The summed E-state index contributed by atoms with van der Waals surface area (Å²) >= 11 is 0. The fraction of sp³-hybridized carbons (Fsp3) is 0.375. The molecule has 0 aliphatic carbocycles. The van der Waals surface area contributed by atoms with E-state index in [1.807, 2.05) is 24.3 Å². The fourth-order valence-corrected chi connectivity index (χ4v) is 2.96. The molecule has 24 heavy (non-hydrogen) atoms. The second-order valence-electron chi connectivity index (χ2n) is 5.63. The van der Waals surface area contributed by atoms with Crippen LogP contribution in [0.25, 0.3) is 0 Å². The van der Waals surface area contributed by atoms with E-state index in [0.29, 0.717) is 6.54 Å². The van der Waals surface area contributed by atoms with Gasteiger partial charge in [0.05, 0.1) is 19.3 Å². The molecule has 8 heteroatoms. The van der Waals surface area contributed by atoms with E-state index >= 15 is 0 Å². The molecular formula is C16H18N4O4. The summed E-state index contributed by atoms with van der Waals surface area (Å²) in [5.41, 5.74) is 0.860. The number of aromatic nitrogens is 3. The maximum absolute atomic E-state index is 12.6. The Labute approximate surface area is 138 Å². The molecule has 1 aliphatic heterocycles. The van der Waals surface area contributed by atoms with E-state index in [1.165, 1.54) is 10.9 Å². The zero-order valence-corrected chi connectivity index (χ0v) is 13.3. The molecule has 1 fully saturated rings. The molecule has 1 atom stereocenters. The Kier molecular flexibility index (Phi) is 4.45. The van der Waals surface area contributed by atoms with Crippen LogP contribution >= 0.6 is 0 Å². The molecule has 126 valence electrons. The number of likely N-dealkylation sites (tertiary alicyclic amines) is 1. The Morgan fingerprint density at radius 1 is 1.42 bits per heavy atom. The standard InChI is InChI=1S/C16H18N4O4/c1-24-12-5-2-4-11(8-12)14-6-3-7-20(14)15(21)10-19-9-13(16(22)23)17-18-19/h2,4-5,8-9,14H,3,6-7,10H2,1H3,(H,22,23). The van der Waals surface area contributed by atoms with Crippen LogP contribution in [0.15, 0.2) is 30.5 Å². The van der Waals surface area contributed by atoms with Crippen molar-refractivity contribution < 1.29 is 19.4 Å². The molecule has 2 heterocycles. The number of benzene rings is 1. The lowest BCUT2D eigenvalue weighted by Gasteiger charge is -2.25. The molecule has 1 N–H and O–H groups in total. The predicted molar refractivity (Wildman–Crippen MR) is 83.7 cm³/mol. The van der Waals surface area contributed by atoms with Gasteiger partial charge in [-0.15, -0.1) is 5.10 Å². The maximum atomic E-state index is 12.6. The van der Waals surface area contributed by atoms with Crippen LogP contribution in [0.1, 0.15) is 34.9 Å². The zero-order valence-electron chi connectivity index (χ0n) is 13.3. The summed E-state index contributed by atoms with van der Waals surface area (Å²) in [5.74, 6) is -0.513. The van der Waals surface area contributed by atoms with E-state index in [4.69, 9.17) is 9.84 Å². The number of hydrogen-bond acceptors (Lipinski definition) is 5. The Morgan fingerprint density at radius 2 is 2.25 bits per heavy atom. The average molecular weight is 330 g/mol. The number of aromatic carboxylic acids is 1. The number of rotatable bonds is 5. The van der Waals surface area contributed by atoms with Crippen LogP contribution < -0.4 is 4.74 Å². The molecule has 1 aromatic heterocycles. The van der Waals surface area contributed by atoms with E-state index < -0.39 is 5.97 Å². The SMILES string of the molecule is COc1cccc(C2CCCN2C(=O)Cn2cc(C(=O)O)nn2)c1. The van der Waals surface area contributed by atoms with Gasteiger partial charge in [-0.05, 0) is 30.5 Å². The maximum Gasteiger partial charge on any atom is 0.358 e. The van der Waals surface area contributed by atoms with Crippen molar-refractivity contribution in [1.29, 1.82) is 0 Å². The Hall–Kier alpha value is -2.90. The van der Waals surface area contributed by atoms with Gasteiger partial charge in [0.1, 0.15) is 12.3 Å². The summed E-state index contributed by atoms with van der Waals surface area (Å²) < 4.78 is 6.51. The molecule has 0 radical (unpaired) electrons. The van der Waals surface area contributed by atoms with E-state index in [9.17, 15) is 9.59 Å². The number of ether oxygens (including phenoxy) is 1. The molecule has 8 nitrogen and oxygen atoms in total. The van der Waals surface area contributed by atoms with Gasteiger partial charge in [0, 0.05) is 6.54 Å². The first-order chi connectivity index (χ1) is 11.6. The highest BCUT2D eigenvalue weighted by molar-refractivity contribution is 5.84. The van der Waals surface area contributed by atoms with Crippen LogP contribution in [0.5, 0.6) is 5.75 Å². The number of nitrogens with zero attached hydrogens (tertiary/aromatic N) is 4. The lowest BCUT2D eigenvalue weighted by Crippen LogP contribution is -2.33. The summed E-state index contributed by atoms with van der Waals surface area (Å²) in [6.07, 6.45) is 3.07. The van der Waals surface area contributed by atoms with Gasteiger partial charge in [-0.2, -0.15) is 0 Å². The van der Waals surface area contributed by atoms with E-state index in [0.717, 1.165) is 24.2 Å². The van der Waals surface area contributed by atoms with Gasteiger partial charge in [-0.1, -0.05) is 17.3 Å². The molecule has 0 bridgehead atoms. The molecule has 3 rings (SSSR count). The van der Waals surface area contributed by atoms with Crippen LogP contribution in [0, 0.1) is 0 Å². The quantitative estimate of drug-likeness (QED) is 0.888. The summed E-state index contributed by atoms with van der Waals surface area (Å²) in [6, 6.07) is 7.69. The molecule has 2 aromatic rings. The summed E-state index contributed by atoms with van der Waals surface area (Å²) in [4.78, 5) is 25.2.